The molecule has 0 heterocycles. The first-order valence-corrected chi connectivity index (χ1v) is 11.1. The molecule has 2 aromatic carbocycles. The van der Waals surface area contributed by atoms with E-state index in [4.69, 9.17) is 14.4 Å². The molecule has 1 N–H and O–H groups in total. The molecular weight excluding hydrogens is 414 g/mol. The van der Waals surface area contributed by atoms with E-state index >= 15 is 0 Å². The third-order valence-corrected chi connectivity index (χ3v) is 5.18. The number of hydrogen-bond donors (Lipinski definition) is 1. The highest BCUT2D eigenvalue weighted by atomic mass is 32.2. The minimum atomic E-state index is -0.330. The molecule has 2 rings (SSSR count). The normalized spacial score (nSPS) is 11.8. The first-order valence-electron chi connectivity index (χ1n) is 9.86. The summed E-state index contributed by atoms with van der Waals surface area (Å²) in [6.07, 6.45) is 1.97. The summed E-state index contributed by atoms with van der Waals surface area (Å²) in [6.45, 7) is 6.71. The number of thioether (sulfide) groups is 1. The highest BCUT2D eigenvalue weighted by Crippen LogP contribution is 2.27. The Morgan fingerprint density at radius 2 is 1.84 bits per heavy atom. The molecular formula is C23H29N3O4S. The van der Waals surface area contributed by atoms with Crippen LogP contribution in [0.25, 0.3) is 0 Å². The Morgan fingerprint density at radius 3 is 2.48 bits per heavy atom. The van der Waals surface area contributed by atoms with E-state index in [2.05, 4.69) is 15.6 Å². The van der Waals surface area contributed by atoms with Gasteiger partial charge in [-0.2, -0.15) is 0 Å². The van der Waals surface area contributed by atoms with Crippen LogP contribution in [0.3, 0.4) is 0 Å². The standard InChI is InChI=1S/C23H29N3O4S/c1-7-30-26-23(31-6)19-12-16(3)20(13-15(19)2)29-14-17-10-8-9-11-18(17)21(25-28-5)22(27)24-4/h8-13H,7,14H2,1-6H3,(H,24,27)/b25-21+,26-23?. The van der Waals surface area contributed by atoms with Gasteiger partial charge >= 0.3 is 0 Å². The smallest absolute Gasteiger partial charge is 0.273 e. The Hall–Kier alpha value is -3.00. The lowest BCUT2D eigenvalue weighted by Crippen LogP contribution is -2.29. The topological polar surface area (TPSA) is 81.5 Å². The van der Waals surface area contributed by atoms with Gasteiger partial charge in [-0.3, -0.25) is 4.79 Å². The maximum Gasteiger partial charge on any atom is 0.273 e. The van der Waals surface area contributed by atoms with E-state index < -0.39 is 0 Å². The van der Waals surface area contributed by atoms with Gasteiger partial charge in [-0.1, -0.05) is 34.6 Å². The number of ether oxygens (including phenoxy) is 1. The van der Waals surface area contributed by atoms with Crippen LogP contribution in [0.1, 0.15) is 34.7 Å². The molecule has 7 nitrogen and oxygen atoms in total. The van der Waals surface area contributed by atoms with Crippen LogP contribution in [0.2, 0.25) is 0 Å². The summed E-state index contributed by atoms with van der Waals surface area (Å²) in [4.78, 5) is 22.4. The predicted molar refractivity (Wildman–Crippen MR) is 126 cm³/mol. The monoisotopic (exact) mass is 443 g/mol. The number of likely N-dealkylation sites (N-methyl/N-ethyl adjacent to an activating group) is 1. The van der Waals surface area contributed by atoms with Crippen molar-refractivity contribution in [2.75, 3.05) is 27.0 Å². The number of benzene rings is 2. The number of amides is 1. The molecule has 31 heavy (non-hydrogen) atoms. The molecule has 2 aromatic rings. The van der Waals surface area contributed by atoms with E-state index in [0.29, 0.717) is 12.2 Å². The fourth-order valence-corrected chi connectivity index (χ4v) is 3.52. The number of hydrogen-bond acceptors (Lipinski definition) is 7. The first-order chi connectivity index (χ1) is 15.0. The van der Waals surface area contributed by atoms with Crippen LogP contribution in [-0.2, 0) is 21.1 Å². The molecule has 0 aliphatic carbocycles. The third kappa shape index (κ3) is 6.24. The molecule has 0 radical (unpaired) electrons. The Bertz CT molecular complexity index is 973. The number of oxime groups is 2. The van der Waals surface area contributed by atoms with E-state index in [1.165, 1.54) is 18.9 Å². The number of aryl methyl sites for hydroxylation is 2. The van der Waals surface area contributed by atoms with Gasteiger partial charge in [0, 0.05) is 18.2 Å². The summed E-state index contributed by atoms with van der Waals surface area (Å²) >= 11 is 1.54. The maximum atomic E-state index is 12.2. The van der Waals surface area contributed by atoms with E-state index in [1.54, 1.807) is 7.05 Å². The van der Waals surface area contributed by atoms with Crippen molar-refractivity contribution in [2.45, 2.75) is 27.4 Å². The largest absolute Gasteiger partial charge is 0.489 e. The summed E-state index contributed by atoms with van der Waals surface area (Å²) in [5.41, 5.74) is 4.71. The second kappa shape index (κ2) is 12.0. The summed E-state index contributed by atoms with van der Waals surface area (Å²) in [7, 11) is 2.96. The molecule has 8 heteroatoms. The van der Waals surface area contributed by atoms with E-state index in [9.17, 15) is 4.79 Å². The van der Waals surface area contributed by atoms with Gasteiger partial charge in [0.25, 0.3) is 5.91 Å². The number of nitrogens with zero attached hydrogens (tertiary/aromatic N) is 2. The fraction of sp³-hybridized carbons (Fsp3) is 0.348. The molecule has 0 atom stereocenters. The van der Waals surface area contributed by atoms with Crippen LogP contribution >= 0.6 is 11.8 Å². The SMILES string of the molecule is CCON=C(SC)c1cc(C)c(OCc2ccccc2/C(=N\OC)C(=O)NC)cc1C. The summed E-state index contributed by atoms with van der Waals surface area (Å²) in [6, 6.07) is 11.5. The molecule has 0 unspecified atom stereocenters. The second-order valence-electron chi connectivity index (χ2n) is 6.60. The van der Waals surface area contributed by atoms with Gasteiger partial charge in [0.05, 0.1) is 0 Å². The maximum absolute atomic E-state index is 12.2. The van der Waals surface area contributed by atoms with Crippen LogP contribution < -0.4 is 10.1 Å². The molecule has 0 saturated carbocycles. The van der Waals surface area contributed by atoms with Crippen molar-refractivity contribution in [2.24, 2.45) is 10.3 Å². The average Bonchev–Trinajstić information content (AvgIpc) is 2.78. The summed E-state index contributed by atoms with van der Waals surface area (Å²) in [5, 5.41) is 11.5. The van der Waals surface area contributed by atoms with Crippen molar-refractivity contribution < 1.29 is 19.2 Å². The Kier molecular flexibility index (Phi) is 9.40. The van der Waals surface area contributed by atoms with Gasteiger partial charge < -0.3 is 19.7 Å². The van der Waals surface area contributed by atoms with Gasteiger partial charge in [-0.05, 0) is 55.9 Å². The summed E-state index contributed by atoms with van der Waals surface area (Å²) < 4.78 is 6.13. The quantitative estimate of drug-likeness (QED) is 0.359. The lowest BCUT2D eigenvalue weighted by Gasteiger charge is -2.16. The van der Waals surface area contributed by atoms with Crippen LogP contribution in [0, 0.1) is 13.8 Å². The van der Waals surface area contributed by atoms with Crippen molar-refractivity contribution in [1.29, 1.82) is 0 Å². The van der Waals surface area contributed by atoms with Crippen LogP contribution in [0.5, 0.6) is 5.75 Å². The van der Waals surface area contributed by atoms with Gasteiger partial charge in [-0.25, -0.2) is 0 Å². The fourth-order valence-electron chi connectivity index (χ4n) is 2.95. The average molecular weight is 444 g/mol. The Labute approximate surface area is 187 Å². The highest BCUT2D eigenvalue weighted by Gasteiger charge is 2.18. The van der Waals surface area contributed by atoms with Crippen molar-refractivity contribution in [3.8, 4) is 5.75 Å². The van der Waals surface area contributed by atoms with E-state index in [-0.39, 0.29) is 18.2 Å². The molecule has 166 valence electrons. The van der Waals surface area contributed by atoms with Gasteiger partial charge in [0.1, 0.15) is 31.1 Å². The predicted octanol–water partition coefficient (Wildman–Crippen LogP) is 4.04. The minimum Gasteiger partial charge on any atom is -0.489 e. The van der Waals surface area contributed by atoms with Crippen molar-refractivity contribution in [3.63, 3.8) is 0 Å². The van der Waals surface area contributed by atoms with E-state index in [1.807, 2.05) is 63.4 Å². The molecule has 0 aliphatic rings. The number of carbonyl (C=O) groups is 1. The second-order valence-corrected chi connectivity index (χ2v) is 7.39. The van der Waals surface area contributed by atoms with Crippen molar-refractivity contribution in [3.05, 3.63) is 64.2 Å². The van der Waals surface area contributed by atoms with Gasteiger partial charge in [0.2, 0.25) is 0 Å². The number of rotatable bonds is 9. The molecule has 0 saturated heterocycles. The molecule has 1 amide bonds. The highest BCUT2D eigenvalue weighted by molar-refractivity contribution is 8.13. The number of nitrogens with one attached hydrogen (secondary N) is 1. The zero-order valence-corrected chi connectivity index (χ0v) is 19.6. The van der Waals surface area contributed by atoms with Gasteiger partial charge in [0.15, 0.2) is 5.71 Å². The van der Waals surface area contributed by atoms with E-state index in [0.717, 1.165) is 33.0 Å². The molecule has 0 aliphatic heterocycles. The Balaban J connectivity index is 2.31. The third-order valence-electron chi connectivity index (χ3n) is 4.50. The van der Waals surface area contributed by atoms with Crippen molar-refractivity contribution >= 4 is 28.4 Å². The first kappa shape index (κ1) is 24.3. The van der Waals surface area contributed by atoms with Gasteiger partial charge in [-0.15, -0.1) is 11.8 Å². The van der Waals surface area contributed by atoms with Crippen LogP contribution in [0.15, 0.2) is 46.7 Å². The molecule has 0 spiro atoms. The molecule has 0 fully saturated rings. The number of carbonyl (C=O) groups excluding carboxylic acids is 1. The Morgan fingerprint density at radius 1 is 1.10 bits per heavy atom. The zero-order valence-electron chi connectivity index (χ0n) is 18.8. The molecule has 0 aromatic heterocycles. The summed E-state index contributed by atoms with van der Waals surface area (Å²) in [5.74, 6) is 0.432. The van der Waals surface area contributed by atoms with Crippen molar-refractivity contribution in [1.82, 2.24) is 5.32 Å². The zero-order chi connectivity index (χ0) is 22.8. The minimum absolute atomic E-state index is 0.198. The lowest BCUT2D eigenvalue weighted by atomic mass is 10.0. The lowest BCUT2D eigenvalue weighted by molar-refractivity contribution is -0.114. The van der Waals surface area contributed by atoms with Crippen LogP contribution in [-0.4, -0.2) is 43.7 Å². The molecule has 0 bridgehead atoms. The van der Waals surface area contributed by atoms with Crippen LogP contribution in [0.4, 0.5) is 0 Å².